The van der Waals surface area contributed by atoms with E-state index in [0.29, 0.717) is 30.1 Å². The highest BCUT2D eigenvalue weighted by molar-refractivity contribution is 7.17. The van der Waals surface area contributed by atoms with Crippen LogP contribution in [0.5, 0.6) is 0 Å². The second-order valence-electron chi connectivity index (χ2n) is 5.53. The van der Waals surface area contributed by atoms with Crippen LogP contribution in [0.1, 0.15) is 27.7 Å². The quantitative estimate of drug-likeness (QED) is 0.800. The van der Waals surface area contributed by atoms with Crippen molar-refractivity contribution in [1.82, 2.24) is 19.7 Å². The van der Waals surface area contributed by atoms with Crippen LogP contribution in [0.25, 0.3) is 0 Å². The number of aromatic nitrogens is 3. The zero-order chi connectivity index (χ0) is 18.0. The summed E-state index contributed by atoms with van der Waals surface area (Å²) in [5.41, 5.74) is 1.21. The van der Waals surface area contributed by atoms with E-state index in [1.54, 1.807) is 4.90 Å². The fourth-order valence-corrected chi connectivity index (χ4v) is 3.97. The van der Waals surface area contributed by atoms with Crippen molar-refractivity contribution in [3.05, 3.63) is 28.7 Å². The number of rotatable bonds is 4. The van der Waals surface area contributed by atoms with Crippen LogP contribution in [-0.4, -0.2) is 51.1 Å². The Balaban J connectivity index is 1.86. The Morgan fingerprint density at radius 1 is 1.40 bits per heavy atom. The molecule has 2 amide bonds. The lowest BCUT2D eigenvalue weighted by molar-refractivity contribution is -0.129. The second-order valence-corrected chi connectivity index (χ2v) is 6.64. The molecule has 0 saturated heterocycles. The van der Waals surface area contributed by atoms with Crippen molar-refractivity contribution in [2.75, 3.05) is 19.0 Å². The Morgan fingerprint density at radius 2 is 2.20 bits per heavy atom. The van der Waals surface area contributed by atoms with Gasteiger partial charge >= 0.3 is 5.97 Å². The van der Waals surface area contributed by atoms with Crippen LogP contribution in [0.3, 0.4) is 0 Å². The summed E-state index contributed by atoms with van der Waals surface area (Å²) in [6, 6.07) is 0. The molecule has 0 atom stereocenters. The number of hydrogen-bond acceptors (Lipinski definition) is 7. The SMILES string of the molecule is COC(=O)c1c(NC(=O)Cn2cncn2)sc2c1CCN(C(C)=O)C2. The minimum Gasteiger partial charge on any atom is -0.465 e. The Bertz CT molecular complexity index is 814. The number of hydrogen-bond donors (Lipinski definition) is 1. The molecule has 0 radical (unpaired) electrons. The molecule has 0 unspecified atom stereocenters. The Morgan fingerprint density at radius 3 is 2.84 bits per heavy atom. The summed E-state index contributed by atoms with van der Waals surface area (Å²) in [4.78, 5) is 42.4. The smallest absolute Gasteiger partial charge is 0.341 e. The van der Waals surface area contributed by atoms with E-state index in [2.05, 4.69) is 15.4 Å². The summed E-state index contributed by atoms with van der Waals surface area (Å²) in [6.07, 6.45) is 3.33. The first kappa shape index (κ1) is 17.1. The first-order chi connectivity index (χ1) is 12.0. The third-order valence-corrected chi connectivity index (χ3v) is 5.05. The van der Waals surface area contributed by atoms with Gasteiger partial charge in [-0.15, -0.1) is 11.3 Å². The van der Waals surface area contributed by atoms with Crippen molar-refractivity contribution in [1.29, 1.82) is 0 Å². The summed E-state index contributed by atoms with van der Waals surface area (Å²) in [6.45, 7) is 2.47. The number of anilines is 1. The molecule has 1 N–H and O–H groups in total. The third kappa shape index (κ3) is 3.53. The maximum atomic E-state index is 12.2. The van der Waals surface area contributed by atoms with E-state index in [-0.39, 0.29) is 18.4 Å². The molecular formula is C15H17N5O4S. The molecule has 0 spiro atoms. The summed E-state index contributed by atoms with van der Waals surface area (Å²) >= 11 is 1.30. The molecule has 10 heteroatoms. The van der Waals surface area contributed by atoms with E-state index in [0.717, 1.165) is 10.4 Å². The first-order valence-corrected chi connectivity index (χ1v) is 8.42. The molecule has 3 heterocycles. The highest BCUT2D eigenvalue weighted by Gasteiger charge is 2.30. The van der Waals surface area contributed by atoms with Gasteiger partial charge in [0.05, 0.1) is 19.2 Å². The van der Waals surface area contributed by atoms with E-state index in [1.165, 1.54) is 42.7 Å². The molecule has 0 fully saturated rings. The van der Waals surface area contributed by atoms with Gasteiger partial charge < -0.3 is 15.0 Å². The van der Waals surface area contributed by atoms with Crippen molar-refractivity contribution >= 4 is 34.1 Å². The molecule has 2 aromatic rings. The molecule has 0 bridgehead atoms. The van der Waals surface area contributed by atoms with Gasteiger partial charge in [0.15, 0.2) is 0 Å². The van der Waals surface area contributed by atoms with E-state index < -0.39 is 5.97 Å². The lowest BCUT2D eigenvalue weighted by atomic mass is 10.0. The maximum absolute atomic E-state index is 12.2. The molecule has 3 rings (SSSR count). The van der Waals surface area contributed by atoms with Gasteiger partial charge in [-0.1, -0.05) is 0 Å². The number of nitrogens with one attached hydrogen (secondary N) is 1. The van der Waals surface area contributed by atoms with Gasteiger partial charge in [-0.25, -0.2) is 14.5 Å². The molecule has 0 saturated carbocycles. The van der Waals surface area contributed by atoms with Gasteiger partial charge in [-0.3, -0.25) is 9.59 Å². The fraction of sp³-hybridized carbons (Fsp3) is 0.400. The Labute approximate surface area is 147 Å². The lowest BCUT2D eigenvalue weighted by Gasteiger charge is -2.25. The van der Waals surface area contributed by atoms with Gasteiger partial charge in [0, 0.05) is 18.3 Å². The maximum Gasteiger partial charge on any atom is 0.341 e. The molecule has 2 aromatic heterocycles. The van der Waals surface area contributed by atoms with Gasteiger partial charge in [-0.2, -0.15) is 5.10 Å². The number of ether oxygens (including phenoxy) is 1. The third-order valence-electron chi connectivity index (χ3n) is 3.92. The van der Waals surface area contributed by atoms with Crippen molar-refractivity contribution in [3.8, 4) is 0 Å². The van der Waals surface area contributed by atoms with Gasteiger partial charge in [0.1, 0.15) is 24.2 Å². The van der Waals surface area contributed by atoms with Crippen LogP contribution in [0.15, 0.2) is 12.7 Å². The number of esters is 1. The van der Waals surface area contributed by atoms with Crippen LogP contribution in [-0.2, 0) is 33.8 Å². The Kier molecular flexibility index (Phi) is 4.79. The predicted octanol–water partition coefficient (Wildman–Crippen LogP) is 0.669. The average Bonchev–Trinajstić information content (AvgIpc) is 3.20. The number of methoxy groups -OCH3 is 1. The van der Waals surface area contributed by atoms with Crippen LogP contribution < -0.4 is 5.32 Å². The molecule has 0 aromatic carbocycles. The number of carbonyl (C=O) groups is 3. The zero-order valence-electron chi connectivity index (χ0n) is 13.8. The molecular weight excluding hydrogens is 346 g/mol. The molecule has 1 aliphatic heterocycles. The van der Waals surface area contributed by atoms with E-state index in [9.17, 15) is 14.4 Å². The summed E-state index contributed by atoms with van der Waals surface area (Å²) in [7, 11) is 1.30. The summed E-state index contributed by atoms with van der Waals surface area (Å²) in [5, 5.41) is 7.07. The van der Waals surface area contributed by atoms with Crippen molar-refractivity contribution in [2.45, 2.75) is 26.4 Å². The summed E-state index contributed by atoms with van der Waals surface area (Å²) in [5.74, 6) is -0.835. The lowest BCUT2D eigenvalue weighted by Crippen LogP contribution is -2.33. The highest BCUT2D eigenvalue weighted by Crippen LogP contribution is 2.37. The highest BCUT2D eigenvalue weighted by atomic mass is 32.1. The minimum absolute atomic E-state index is 0.0112. The Hall–Kier alpha value is -2.75. The van der Waals surface area contributed by atoms with Crippen LogP contribution in [0.2, 0.25) is 0 Å². The largest absolute Gasteiger partial charge is 0.465 e. The van der Waals surface area contributed by atoms with Crippen LogP contribution >= 0.6 is 11.3 Å². The molecule has 1 aliphatic rings. The normalized spacial score (nSPS) is 13.3. The van der Waals surface area contributed by atoms with Crippen molar-refractivity contribution in [2.24, 2.45) is 0 Å². The number of carbonyl (C=O) groups excluding carboxylic acids is 3. The van der Waals surface area contributed by atoms with Crippen LogP contribution in [0, 0.1) is 0 Å². The molecule has 25 heavy (non-hydrogen) atoms. The second kappa shape index (κ2) is 7.01. The number of fused-ring (bicyclic) bond motifs is 1. The topological polar surface area (TPSA) is 106 Å². The van der Waals surface area contributed by atoms with Crippen molar-refractivity contribution in [3.63, 3.8) is 0 Å². The van der Waals surface area contributed by atoms with E-state index in [4.69, 9.17) is 4.74 Å². The van der Waals surface area contributed by atoms with E-state index in [1.807, 2.05) is 0 Å². The number of amides is 2. The average molecular weight is 363 g/mol. The standard InChI is InChI=1S/C15H17N5O4S/c1-9(21)19-4-3-10-11(5-19)25-14(13(10)15(23)24-2)18-12(22)6-20-8-16-7-17-20/h7-8H,3-6H2,1-2H3,(H,18,22). The van der Waals surface area contributed by atoms with Gasteiger partial charge in [0.25, 0.3) is 0 Å². The summed E-state index contributed by atoms with van der Waals surface area (Å²) < 4.78 is 6.26. The predicted molar refractivity (Wildman–Crippen MR) is 89.1 cm³/mol. The zero-order valence-corrected chi connectivity index (χ0v) is 14.6. The first-order valence-electron chi connectivity index (χ1n) is 7.60. The van der Waals surface area contributed by atoms with E-state index >= 15 is 0 Å². The molecule has 0 aliphatic carbocycles. The fourth-order valence-electron chi connectivity index (χ4n) is 2.71. The monoisotopic (exact) mass is 363 g/mol. The number of thiophene rings is 1. The molecule has 9 nitrogen and oxygen atoms in total. The van der Waals surface area contributed by atoms with Crippen molar-refractivity contribution < 1.29 is 19.1 Å². The minimum atomic E-state index is -0.496. The number of nitrogens with zero attached hydrogens (tertiary/aromatic N) is 4. The van der Waals surface area contributed by atoms with Crippen LogP contribution in [0.4, 0.5) is 5.00 Å². The van der Waals surface area contributed by atoms with Gasteiger partial charge in [0.2, 0.25) is 11.8 Å². The molecule has 132 valence electrons. The van der Waals surface area contributed by atoms with Gasteiger partial charge in [-0.05, 0) is 12.0 Å².